The standard InChI is InChI=1S/C16H20N4O/c1-20(12-14-5-4-8-21-14)11-13-9-18-16(19-10-13)15-6-2-3-7-17-15/h2-3,6-7,9-10,14H,4-5,8,11-12H2,1H3/t14-/m0/s1. The van der Waals surface area contributed by atoms with Gasteiger partial charge in [-0.3, -0.25) is 9.88 Å². The van der Waals surface area contributed by atoms with Gasteiger partial charge in [0, 0.05) is 43.9 Å². The molecule has 21 heavy (non-hydrogen) atoms. The molecule has 0 bridgehead atoms. The van der Waals surface area contributed by atoms with Gasteiger partial charge in [0.15, 0.2) is 5.82 Å². The van der Waals surface area contributed by atoms with Crippen LogP contribution in [0.2, 0.25) is 0 Å². The predicted molar refractivity (Wildman–Crippen MR) is 80.6 cm³/mol. The molecule has 110 valence electrons. The average molecular weight is 284 g/mol. The van der Waals surface area contributed by atoms with Crippen molar-refractivity contribution in [2.75, 3.05) is 20.2 Å². The predicted octanol–water partition coefficient (Wildman–Crippen LogP) is 2.15. The third-order valence-corrected chi connectivity index (χ3v) is 3.59. The van der Waals surface area contributed by atoms with Crippen molar-refractivity contribution in [1.29, 1.82) is 0 Å². The van der Waals surface area contributed by atoms with Crippen LogP contribution in [0.1, 0.15) is 18.4 Å². The first kappa shape index (κ1) is 14.1. The van der Waals surface area contributed by atoms with E-state index in [-0.39, 0.29) is 0 Å². The summed E-state index contributed by atoms with van der Waals surface area (Å²) in [5.41, 5.74) is 1.91. The molecule has 3 heterocycles. The lowest BCUT2D eigenvalue weighted by Crippen LogP contribution is -2.28. The zero-order valence-electron chi connectivity index (χ0n) is 12.3. The van der Waals surface area contributed by atoms with Gasteiger partial charge in [0.1, 0.15) is 5.69 Å². The Balaban J connectivity index is 1.59. The molecule has 2 aromatic rings. The topological polar surface area (TPSA) is 51.1 Å². The lowest BCUT2D eigenvalue weighted by molar-refractivity contribution is 0.0792. The quantitative estimate of drug-likeness (QED) is 0.842. The van der Waals surface area contributed by atoms with Crippen molar-refractivity contribution >= 4 is 0 Å². The van der Waals surface area contributed by atoms with Crippen LogP contribution in [0, 0.1) is 0 Å². The second-order valence-electron chi connectivity index (χ2n) is 5.46. The van der Waals surface area contributed by atoms with Gasteiger partial charge in [0.25, 0.3) is 0 Å². The van der Waals surface area contributed by atoms with E-state index in [4.69, 9.17) is 4.74 Å². The third-order valence-electron chi connectivity index (χ3n) is 3.59. The monoisotopic (exact) mass is 284 g/mol. The molecule has 1 fully saturated rings. The summed E-state index contributed by atoms with van der Waals surface area (Å²) in [7, 11) is 2.11. The number of nitrogens with zero attached hydrogens (tertiary/aromatic N) is 4. The molecule has 0 spiro atoms. The number of hydrogen-bond acceptors (Lipinski definition) is 5. The molecule has 0 amide bonds. The number of aromatic nitrogens is 3. The van der Waals surface area contributed by atoms with Crippen molar-refractivity contribution < 1.29 is 4.74 Å². The SMILES string of the molecule is CN(Cc1cnc(-c2ccccn2)nc1)C[C@@H]1CCCO1. The van der Waals surface area contributed by atoms with Gasteiger partial charge in [-0.1, -0.05) is 6.07 Å². The van der Waals surface area contributed by atoms with E-state index in [1.54, 1.807) is 6.20 Å². The summed E-state index contributed by atoms with van der Waals surface area (Å²) in [6.07, 6.45) is 8.23. The second-order valence-corrected chi connectivity index (χ2v) is 5.46. The highest BCUT2D eigenvalue weighted by Crippen LogP contribution is 2.14. The first-order valence-corrected chi connectivity index (χ1v) is 7.34. The van der Waals surface area contributed by atoms with Gasteiger partial charge >= 0.3 is 0 Å². The van der Waals surface area contributed by atoms with Gasteiger partial charge in [-0.2, -0.15) is 0 Å². The van der Waals surface area contributed by atoms with E-state index in [1.165, 1.54) is 12.8 Å². The summed E-state index contributed by atoms with van der Waals surface area (Å²) in [6, 6.07) is 5.74. The highest BCUT2D eigenvalue weighted by molar-refractivity contribution is 5.47. The van der Waals surface area contributed by atoms with Crippen LogP contribution in [-0.2, 0) is 11.3 Å². The van der Waals surface area contributed by atoms with Crippen LogP contribution in [0.25, 0.3) is 11.5 Å². The van der Waals surface area contributed by atoms with Crippen LogP contribution in [0.15, 0.2) is 36.8 Å². The minimum atomic E-state index is 0.378. The molecule has 0 radical (unpaired) electrons. The zero-order chi connectivity index (χ0) is 14.5. The fourth-order valence-corrected chi connectivity index (χ4v) is 2.58. The Hall–Kier alpha value is -1.85. The summed E-state index contributed by atoms with van der Waals surface area (Å²) in [5, 5.41) is 0. The van der Waals surface area contributed by atoms with Crippen molar-refractivity contribution in [3.8, 4) is 11.5 Å². The fourth-order valence-electron chi connectivity index (χ4n) is 2.58. The minimum absolute atomic E-state index is 0.378. The Morgan fingerprint density at radius 3 is 2.76 bits per heavy atom. The Kier molecular flexibility index (Phi) is 4.52. The summed E-state index contributed by atoms with van der Waals surface area (Å²) in [6.45, 7) is 2.70. The van der Waals surface area contributed by atoms with Gasteiger partial charge in [-0.05, 0) is 32.0 Å². The summed E-state index contributed by atoms with van der Waals surface area (Å²) in [5.74, 6) is 0.668. The molecule has 2 aromatic heterocycles. The van der Waals surface area contributed by atoms with E-state index in [9.17, 15) is 0 Å². The number of pyridine rings is 1. The van der Waals surface area contributed by atoms with Crippen LogP contribution in [0.3, 0.4) is 0 Å². The summed E-state index contributed by atoms with van der Waals surface area (Å²) < 4.78 is 5.66. The smallest absolute Gasteiger partial charge is 0.178 e. The molecule has 5 nitrogen and oxygen atoms in total. The van der Waals surface area contributed by atoms with Gasteiger partial charge in [-0.15, -0.1) is 0 Å². The highest BCUT2D eigenvalue weighted by atomic mass is 16.5. The van der Waals surface area contributed by atoms with Crippen molar-refractivity contribution in [2.24, 2.45) is 0 Å². The van der Waals surface area contributed by atoms with Crippen LogP contribution < -0.4 is 0 Å². The first-order chi connectivity index (χ1) is 10.3. The third kappa shape index (κ3) is 3.83. The van der Waals surface area contributed by atoms with E-state index in [0.29, 0.717) is 11.9 Å². The molecule has 5 heteroatoms. The largest absolute Gasteiger partial charge is 0.377 e. The summed E-state index contributed by atoms with van der Waals surface area (Å²) >= 11 is 0. The minimum Gasteiger partial charge on any atom is -0.377 e. The van der Waals surface area contributed by atoms with E-state index < -0.39 is 0 Å². The maximum atomic E-state index is 5.66. The van der Waals surface area contributed by atoms with Crippen molar-refractivity contribution in [3.63, 3.8) is 0 Å². The average Bonchev–Trinajstić information content (AvgIpc) is 3.02. The first-order valence-electron chi connectivity index (χ1n) is 7.34. The molecule has 0 aliphatic carbocycles. The Morgan fingerprint density at radius 1 is 1.24 bits per heavy atom. The lowest BCUT2D eigenvalue weighted by atomic mass is 10.2. The number of hydrogen-bond donors (Lipinski definition) is 0. The van der Waals surface area contributed by atoms with Gasteiger partial charge in [-0.25, -0.2) is 9.97 Å². The van der Waals surface area contributed by atoms with Crippen LogP contribution >= 0.6 is 0 Å². The van der Waals surface area contributed by atoms with Crippen LogP contribution in [0.4, 0.5) is 0 Å². The number of likely N-dealkylation sites (N-methyl/N-ethyl adjacent to an activating group) is 1. The molecule has 1 aliphatic rings. The molecule has 0 N–H and O–H groups in total. The van der Waals surface area contributed by atoms with Crippen molar-refractivity contribution in [2.45, 2.75) is 25.5 Å². The molecule has 1 saturated heterocycles. The van der Waals surface area contributed by atoms with E-state index >= 15 is 0 Å². The van der Waals surface area contributed by atoms with Gasteiger partial charge in [0.2, 0.25) is 0 Å². The van der Waals surface area contributed by atoms with E-state index in [2.05, 4.69) is 26.9 Å². The Labute approximate surface area is 125 Å². The zero-order valence-corrected chi connectivity index (χ0v) is 12.3. The van der Waals surface area contributed by atoms with Gasteiger partial charge < -0.3 is 4.74 Å². The normalized spacial score (nSPS) is 18.3. The molecule has 0 saturated carbocycles. The van der Waals surface area contributed by atoms with E-state index in [0.717, 1.165) is 31.0 Å². The molecular formula is C16H20N4O. The molecule has 1 aliphatic heterocycles. The van der Waals surface area contributed by atoms with Crippen LogP contribution in [0.5, 0.6) is 0 Å². The fraction of sp³-hybridized carbons (Fsp3) is 0.438. The van der Waals surface area contributed by atoms with Gasteiger partial charge in [0.05, 0.1) is 6.10 Å². The maximum Gasteiger partial charge on any atom is 0.178 e. The Bertz CT molecular complexity index is 552. The lowest BCUT2D eigenvalue weighted by Gasteiger charge is -2.20. The van der Waals surface area contributed by atoms with Crippen molar-refractivity contribution in [1.82, 2.24) is 19.9 Å². The summed E-state index contributed by atoms with van der Waals surface area (Å²) in [4.78, 5) is 15.3. The molecular weight excluding hydrogens is 264 g/mol. The van der Waals surface area contributed by atoms with Crippen LogP contribution in [-0.4, -0.2) is 46.2 Å². The van der Waals surface area contributed by atoms with E-state index in [1.807, 2.05) is 30.6 Å². The molecule has 1 atom stereocenters. The highest BCUT2D eigenvalue weighted by Gasteiger charge is 2.17. The number of ether oxygens (including phenoxy) is 1. The molecule has 0 unspecified atom stereocenters. The van der Waals surface area contributed by atoms with Crippen molar-refractivity contribution in [3.05, 3.63) is 42.4 Å². The maximum absolute atomic E-state index is 5.66. The number of rotatable bonds is 5. The molecule has 0 aromatic carbocycles. The molecule has 3 rings (SSSR count). The second kappa shape index (κ2) is 6.74. The Morgan fingerprint density at radius 2 is 2.10 bits per heavy atom.